The molecule has 0 saturated carbocycles. The lowest BCUT2D eigenvalue weighted by Gasteiger charge is -2.27. The van der Waals surface area contributed by atoms with Crippen molar-refractivity contribution in [1.29, 1.82) is 0 Å². The van der Waals surface area contributed by atoms with Crippen LogP contribution in [-0.2, 0) is 6.54 Å². The summed E-state index contributed by atoms with van der Waals surface area (Å²) >= 11 is 0. The molecule has 1 N–H and O–H groups in total. The van der Waals surface area contributed by atoms with Crippen LogP contribution >= 0.6 is 0 Å². The van der Waals surface area contributed by atoms with Crippen LogP contribution in [0.1, 0.15) is 27.0 Å². The summed E-state index contributed by atoms with van der Waals surface area (Å²) in [7, 11) is 0. The van der Waals surface area contributed by atoms with Gasteiger partial charge in [0, 0.05) is 37.3 Å². The van der Waals surface area contributed by atoms with Crippen molar-refractivity contribution in [2.24, 2.45) is 4.99 Å². The van der Waals surface area contributed by atoms with E-state index < -0.39 is 0 Å². The lowest BCUT2D eigenvalue weighted by Crippen LogP contribution is -2.46. The third-order valence-corrected chi connectivity index (χ3v) is 4.71. The molecule has 0 aromatic heterocycles. The zero-order chi connectivity index (χ0) is 17.1. The number of hydrogen-bond acceptors (Lipinski definition) is 3. The van der Waals surface area contributed by atoms with Crippen molar-refractivity contribution in [3.05, 3.63) is 76.9 Å². The largest absolute Gasteiger partial charge is 0.336 e. The maximum Gasteiger partial charge on any atom is 0.253 e. The molecule has 2 aliphatic heterocycles. The molecule has 4 heteroatoms. The van der Waals surface area contributed by atoms with Crippen molar-refractivity contribution in [3.8, 4) is 0 Å². The van der Waals surface area contributed by atoms with Crippen molar-refractivity contribution in [1.82, 2.24) is 10.2 Å². The van der Waals surface area contributed by atoms with Crippen molar-refractivity contribution >= 4 is 17.7 Å². The number of nitrogens with one attached hydrogen (secondary N) is 1. The summed E-state index contributed by atoms with van der Waals surface area (Å²) in [5.74, 6) is 0.117. The van der Waals surface area contributed by atoms with E-state index in [-0.39, 0.29) is 5.91 Å². The third kappa shape index (κ3) is 3.39. The Morgan fingerprint density at radius 2 is 1.76 bits per heavy atom. The van der Waals surface area contributed by atoms with Gasteiger partial charge in [0.25, 0.3) is 5.91 Å². The number of fused-ring (bicyclic) bond motifs is 1. The van der Waals surface area contributed by atoms with Crippen LogP contribution < -0.4 is 5.32 Å². The smallest absolute Gasteiger partial charge is 0.253 e. The maximum atomic E-state index is 12.5. The van der Waals surface area contributed by atoms with Gasteiger partial charge in [-0.15, -0.1) is 0 Å². The van der Waals surface area contributed by atoms with Crippen molar-refractivity contribution in [2.45, 2.75) is 6.54 Å². The van der Waals surface area contributed by atoms with Crippen molar-refractivity contribution in [3.63, 3.8) is 0 Å². The number of piperazine rings is 1. The van der Waals surface area contributed by atoms with E-state index in [1.54, 1.807) is 0 Å². The molecule has 1 amide bonds. The molecular formula is C21H21N3O. The van der Waals surface area contributed by atoms with Crippen molar-refractivity contribution < 1.29 is 4.79 Å². The van der Waals surface area contributed by atoms with Gasteiger partial charge in [-0.25, -0.2) is 0 Å². The van der Waals surface area contributed by atoms with Crippen LogP contribution in [0.3, 0.4) is 0 Å². The Balaban J connectivity index is 1.45. The van der Waals surface area contributed by atoms with E-state index in [1.165, 1.54) is 11.1 Å². The van der Waals surface area contributed by atoms with Gasteiger partial charge < -0.3 is 10.2 Å². The molecule has 1 saturated heterocycles. The summed E-state index contributed by atoms with van der Waals surface area (Å²) in [5.41, 5.74) is 5.34. The molecule has 0 spiro atoms. The number of benzene rings is 2. The number of nitrogens with zero attached hydrogens (tertiary/aromatic N) is 2. The van der Waals surface area contributed by atoms with Gasteiger partial charge in [0.05, 0.1) is 12.3 Å². The molecule has 2 aromatic rings. The fourth-order valence-electron chi connectivity index (χ4n) is 3.27. The number of allylic oxidation sites excluding steroid dienone is 1. The van der Waals surface area contributed by atoms with E-state index in [9.17, 15) is 4.79 Å². The Labute approximate surface area is 147 Å². The van der Waals surface area contributed by atoms with Gasteiger partial charge in [-0.05, 0) is 29.3 Å². The number of amides is 1. The van der Waals surface area contributed by atoms with E-state index in [2.05, 4.69) is 40.7 Å². The highest BCUT2D eigenvalue weighted by Crippen LogP contribution is 2.19. The van der Waals surface area contributed by atoms with Crippen LogP contribution in [0.4, 0.5) is 0 Å². The Bertz CT molecular complexity index is 830. The average Bonchev–Trinajstić information content (AvgIpc) is 3.10. The maximum absolute atomic E-state index is 12.5. The van der Waals surface area contributed by atoms with Crippen LogP contribution in [-0.4, -0.2) is 42.7 Å². The molecule has 0 aliphatic carbocycles. The fourth-order valence-corrected chi connectivity index (χ4v) is 3.27. The molecular weight excluding hydrogens is 310 g/mol. The molecule has 0 bridgehead atoms. The molecule has 0 atom stereocenters. The molecule has 1 fully saturated rings. The standard InChI is InChI=1S/C21H21N3O/c25-21(24-13-11-22-12-14-24)17-8-5-16(6-9-17)7-10-20-19-4-2-1-3-18(19)15-23-20/h1-10,22H,11-15H2/b10-7+. The SMILES string of the molecule is O=C(c1ccc(/C=C/C2=NCc3ccccc32)cc1)N1CCNCC1. The summed E-state index contributed by atoms with van der Waals surface area (Å²) in [6, 6.07) is 16.1. The Kier molecular flexibility index (Phi) is 4.44. The highest BCUT2D eigenvalue weighted by atomic mass is 16.2. The second-order valence-electron chi connectivity index (χ2n) is 6.36. The normalized spacial score (nSPS) is 16.8. The van der Waals surface area contributed by atoms with E-state index in [0.717, 1.165) is 49.6 Å². The van der Waals surface area contributed by atoms with Gasteiger partial charge in [-0.2, -0.15) is 0 Å². The highest BCUT2D eigenvalue weighted by Gasteiger charge is 2.17. The monoisotopic (exact) mass is 331 g/mol. The molecule has 2 aliphatic rings. The summed E-state index contributed by atoms with van der Waals surface area (Å²) in [6.07, 6.45) is 4.11. The number of hydrogen-bond donors (Lipinski definition) is 1. The molecule has 0 unspecified atom stereocenters. The lowest BCUT2D eigenvalue weighted by molar-refractivity contribution is 0.0736. The minimum Gasteiger partial charge on any atom is -0.336 e. The minimum absolute atomic E-state index is 0.117. The molecule has 0 radical (unpaired) electrons. The third-order valence-electron chi connectivity index (χ3n) is 4.71. The number of rotatable bonds is 3. The van der Waals surface area contributed by atoms with Crippen LogP contribution in [0.5, 0.6) is 0 Å². The summed E-state index contributed by atoms with van der Waals surface area (Å²) in [5, 5.41) is 3.27. The molecule has 2 heterocycles. The molecule has 126 valence electrons. The van der Waals surface area contributed by atoms with Gasteiger partial charge >= 0.3 is 0 Å². The molecule has 4 nitrogen and oxygen atoms in total. The zero-order valence-corrected chi connectivity index (χ0v) is 14.1. The number of carbonyl (C=O) groups is 1. The highest BCUT2D eigenvalue weighted by molar-refractivity contribution is 6.13. The second-order valence-corrected chi connectivity index (χ2v) is 6.36. The van der Waals surface area contributed by atoms with Crippen LogP contribution in [0.15, 0.2) is 59.6 Å². The van der Waals surface area contributed by atoms with Crippen LogP contribution in [0.25, 0.3) is 6.08 Å². The summed E-state index contributed by atoms with van der Waals surface area (Å²) in [4.78, 5) is 19.0. The first-order valence-corrected chi connectivity index (χ1v) is 8.72. The Hall–Kier alpha value is -2.72. The van der Waals surface area contributed by atoms with E-state index in [0.29, 0.717) is 0 Å². The Morgan fingerprint density at radius 3 is 2.56 bits per heavy atom. The predicted octanol–water partition coefficient (Wildman–Crippen LogP) is 2.75. The van der Waals surface area contributed by atoms with Crippen molar-refractivity contribution in [2.75, 3.05) is 26.2 Å². The van der Waals surface area contributed by atoms with E-state index in [1.807, 2.05) is 35.2 Å². The number of aliphatic imine (C=N–C) groups is 1. The van der Waals surface area contributed by atoms with Gasteiger partial charge in [-0.1, -0.05) is 42.5 Å². The predicted molar refractivity (Wildman–Crippen MR) is 101 cm³/mol. The average molecular weight is 331 g/mol. The molecule has 4 rings (SSSR count). The van der Waals surface area contributed by atoms with Crippen LogP contribution in [0, 0.1) is 0 Å². The van der Waals surface area contributed by atoms with Gasteiger partial charge in [0.15, 0.2) is 0 Å². The minimum atomic E-state index is 0.117. The number of carbonyl (C=O) groups excluding carboxylic acids is 1. The topological polar surface area (TPSA) is 44.7 Å². The Morgan fingerprint density at radius 1 is 1.00 bits per heavy atom. The van der Waals surface area contributed by atoms with Gasteiger partial charge in [0.1, 0.15) is 0 Å². The van der Waals surface area contributed by atoms with Gasteiger partial charge in [0.2, 0.25) is 0 Å². The fraction of sp³-hybridized carbons (Fsp3) is 0.238. The van der Waals surface area contributed by atoms with E-state index >= 15 is 0 Å². The lowest BCUT2D eigenvalue weighted by atomic mass is 10.0. The quantitative estimate of drug-likeness (QED) is 0.940. The summed E-state index contributed by atoms with van der Waals surface area (Å²) in [6.45, 7) is 4.06. The summed E-state index contributed by atoms with van der Waals surface area (Å²) < 4.78 is 0. The molecule has 25 heavy (non-hydrogen) atoms. The van der Waals surface area contributed by atoms with Crippen LogP contribution in [0.2, 0.25) is 0 Å². The molecule has 2 aromatic carbocycles. The first kappa shape index (κ1) is 15.8. The first-order valence-electron chi connectivity index (χ1n) is 8.72. The second kappa shape index (κ2) is 7.03. The van der Waals surface area contributed by atoms with E-state index in [4.69, 9.17) is 0 Å². The van der Waals surface area contributed by atoms with Gasteiger partial charge in [-0.3, -0.25) is 9.79 Å². The first-order chi connectivity index (χ1) is 12.3. The zero-order valence-electron chi connectivity index (χ0n) is 14.1.